The van der Waals surface area contributed by atoms with Crippen LogP contribution in [-0.2, 0) is 0 Å². The summed E-state index contributed by atoms with van der Waals surface area (Å²) in [4.78, 5) is 13.8. The van der Waals surface area contributed by atoms with Crippen LogP contribution in [0.2, 0.25) is 0 Å². The predicted octanol–water partition coefficient (Wildman–Crippen LogP) is 1.05. The number of aromatic nitrogens is 3. The molecule has 0 aliphatic carbocycles. The Morgan fingerprint density at radius 2 is 2.36 bits per heavy atom. The first-order valence-corrected chi connectivity index (χ1v) is 4.61. The van der Waals surface area contributed by atoms with Crippen molar-refractivity contribution < 1.29 is 4.92 Å². The van der Waals surface area contributed by atoms with E-state index in [1.165, 1.54) is 0 Å². The molecule has 0 saturated carbocycles. The van der Waals surface area contributed by atoms with Gasteiger partial charge in [0.2, 0.25) is 0 Å². The molecule has 72 valence electrons. The molecule has 0 unspecified atom stereocenters. The van der Waals surface area contributed by atoms with Gasteiger partial charge in [-0.15, -0.1) is 0 Å². The third-order valence-electron chi connectivity index (χ3n) is 1.74. The fraction of sp³-hybridized carbons (Fsp3) is 0. The van der Waals surface area contributed by atoms with Crippen LogP contribution in [0, 0.1) is 13.8 Å². The second-order valence-electron chi connectivity index (χ2n) is 2.55. The van der Waals surface area contributed by atoms with Crippen LogP contribution < -0.4 is 5.73 Å². The number of hydrogen-bond acceptors (Lipinski definition) is 5. The van der Waals surface area contributed by atoms with Crippen LogP contribution in [0.5, 0.6) is 0 Å². The topological polar surface area (TPSA) is 111 Å². The summed E-state index contributed by atoms with van der Waals surface area (Å²) in [6.07, 6.45) is 1.11. The van der Waals surface area contributed by atoms with E-state index in [0.717, 1.165) is 6.20 Å². The number of halogens is 1. The molecule has 0 fully saturated rings. The van der Waals surface area contributed by atoms with Gasteiger partial charge in [0, 0.05) is 0 Å². The van der Waals surface area contributed by atoms with Crippen molar-refractivity contribution in [2.24, 2.45) is 0 Å². The zero-order chi connectivity index (χ0) is 10.3. The third-order valence-corrected chi connectivity index (χ3v) is 2.52. The van der Waals surface area contributed by atoms with Gasteiger partial charge < -0.3 is 5.73 Å². The average Bonchev–Trinajstić information content (AvgIpc) is 2.49. The van der Waals surface area contributed by atoms with Gasteiger partial charge in [-0.05, 0) is 22.6 Å². The van der Waals surface area contributed by atoms with E-state index in [0.29, 0.717) is 9.09 Å². The molecule has 2 heterocycles. The number of anilines is 1. The monoisotopic (exact) mass is 305 g/mol. The van der Waals surface area contributed by atoms with E-state index < -0.39 is 4.92 Å². The summed E-state index contributed by atoms with van der Waals surface area (Å²) >= 11 is 1.96. The minimum atomic E-state index is -0.536. The maximum absolute atomic E-state index is 10.6. The van der Waals surface area contributed by atoms with Crippen molar-refractivity contribution in [3.63, 3.8) is 0 Å². The molecule has 2 aromatic rings. The van der Waals surface area contributed by atoms with Crippen LogP contribution in [0.25, 0.3) is 10.9 Å². The van der Waals surface area contributed by atoms with Crippen LogP contribution in [0.1, 0.15) is 0 Å². The lowest BCUT2D eigenvalue weighted by Gasteiger charge is -1.95. The number of nitrogens with one attached hydrogen (secondary N) is 1. The Labute approximate surface area is 91.0 Å². The lowest BCUT2D eigenvalue weighted by atomic mass is 10.3. The highest BCUT2D eigenvalue weighted by atomic mass is 127. The second kappa shape index (κ2) is 3.04. The van der Waals surface area contributed by atoms with Crippen LogP contribution in [0.15, 0.2) is 6.20 Å². The summed E-state index contributed by atoms with van der Waals surface area (Å²) in [7, 11) is 0. The molecule has 0 radical (unpaired) electrons. The molecule has 3 N–H and O–H groups in total. The number of nitro groups is 1. The van der Waals surface area contributed by atoms with E-state index in [2.05, 4.69) is 15.2 Å². The molecular weight excluding hydrogens is 301 g/mol. The second-order valence-corrected chi connectivity index (χ2v) is 3.63. The SMILES string of the molecule is Nc1ncc([N+](=O)[O-])c2n[nH]c(I)c12. The molecule has 0 atom stereocenters. The zero-order valence-electron chi connectivity index (χ0n) is 6.69. The summed E-state index contributed by atoms with van der Waals surface area (Å²) in [5.74, 6) is 0.240. The highest BCUT2D eigenvalue weighted by Gasteiger charge is 2.19. The van der Waals surface area contributed by atoms with Gasteiger partial charge in [-0.2, -0.15) is 5.10 Å². The van der Waals surface area contributed by atoms with Gasteiger partial charge in [0.05, 0.1) is 10.3 Å². The first-order chi connectivity index (χ1) is 6.61. The van der Waals surface area contributed by atoms with Crippen LogP contribution in [0.3, 0.4) is 0 Å². The number of hydrogen-bond donors (Lipinski definition) is 2. The van der Waals surface area contributed by atoms with Crippen LogP contribution in [0.4, 0.5) is 11.5 Å². The van der Waals surface area contributed by atoms with Crippen molar-refractivity contribution in [2.75, 3.05) is 5.73 Å². The third kappa shape index (κ3) is 1.18. The number of H-pyrrole nitrogens is 1. The van der Waals surface area contributed by atoms with Gasteiger partial charge in [-0.3, -0.25) is 15.2 Å². The summed E-state index contributed by atoms with van der Waals surface area (Å²) in [6.45, 7) is 0. The Hall–Kier alpha value is -1.45. The molecule has 0 spiro atoms. The standard InChI is InChI=1S/C6H4IN5O2/c7-5-3-4(10-11-5)2(12(13)14)1-9-6(3)8/h1H,(H2,8,9)(H,10,11). The number of pyridine rings is 1. The summed E-state index contributed by atoms with van der Waals surface area (Å²) in [5.41, 5.74) is 5.67. The smallest absolute Gasteiger partial charge is 0.315 e. The van der Waals surface area contributed by atoms with Crippen molar-refractivity contribution in [3.8, 4) is 0 Å². The van der Waals surface area contributed by atoms with Gasteiger partial charge >= 0.3 is 5.69 Å². The summed E-state index contributed by atoms with van der Waals surface area (Å²) < 4.78 is 0.645. The highest BCUT2D eigenvalue weighted by Crippen LogP contribution is 2.28. The fourth-order valence-corrected chi connectivity index (χ4v) is 1.78. The molecule has 2 rings (SSSR count). The molecule has 7 nitrogen and oxygen atoms in total. The van der Waals surface area contributed by atoms with E-state index in [1.54, 1.807) is 0 Å². The number of aromatic amines is 1. The molecule has 2 aromatic heterocycles. The molecule has 0 aliphatic heterocycles. The number of fused-ring (bicyclic) bond motifs is 1. The molecule has 0 aromatic carbocycles. The zero-order valence-corrected chi connectivity index (χ0v) is 8.85. The van der Waals surface area contributed by atoms with Crippen molar-refractivity contribution in [1.29, 1.82) is 0 Å². The van der Waals surface area contributed by atoms with Crippen molar-refractivity contribution in [2.45, 2.75) is 0 Å². The maximum Gasteiger partial charge on any atom is 0.315 e. The largest absolute Gasteiger partial charge is 0.383 e. The first kappa shape index (κ1) is 9.12. The number of nitrogens with two attached hydrogens (primary N) is 1. The highest BCUT2D eigenvalue weighted by molar-refractivity contribution is 14.1. The lowest BCUT2D eigenvalue weighted by Crippen LogP contribution is -1.95. The van der Waals surface area contributed by atoms with Gasteiger partial charge in [-0.25, -0.2) is 4.98 Å². The first-order valence-electron chi connectivity index (χ1n) is 3.53. The van der Waals surface area contributed by atoms with E-state index in [1.807, 2.05) is 22.6 Å². The Morgan fingerprint density at radius 1 is 1.64 bits per heavy atom. The average molecular weight is 305 g/mol. The molecule has 0 bridgehead atoms. The Morgan fingerprint density at radius 3 is 3.00 bits per heavy atom. The van der Waals surface area contributed by atoms with Crippen molar-refractivity contribution in [3.05, 3.63) is 20.0 Å². The molecular formula is C6H4IN5O2. The van der Waals surface area contributed by atoms with E-state index >= 15 is 0 Å². The van der Waals surface area contributed by atoms with Gasteiger partial charge in [0.1, 0.15) is 15.7 Å². The minimum absolute atomic E-state index is 0.145. The van der Waals surface area contributed by atoms with Gasteiger partial charge in [0.25, 0.3) is 0 Å². The lowest BCUT2D eigenvalue weighted by molar-refractivity contribution is -0.383. The van der Waals surface area contributed by atoms with E-state index in [-0.39, 0.29) is 17.0 Å². The summed E-state index contributed by atoms with van der Waals surface area (Å²) in [5, 5.41) is 17.5. The quantitative estimate of drug-likeness (QED) is 0.465. The number of rotatable bonds is 1. The molecule has 8 heteroatoms. The van der Waals surface area contributed by atoms with Gasteiger partial charge in [-0.1, -0.05) is 0 Å². The number of nitrogen functional groups attached to an aromatic ring is 1. The van der Waals surface area contributed by atoms with Crippen LogP contribution >= 0.6 is 22.6 Å². The Bertz CT molecular complexity index is 522. The Balaban J connectivity index is 2.90. The normalized spacial score (nSPS) is 10.6. The molecule has 0 saturated heterocycles. The Kier molecular flexibility index (Phi) is 1.98. The minimum Gasteiger partial charge on any atom is -0.383 e. The number of nitrogens with zero attached hydrogens (tertiary/aromatic N) is 3. The summed E-state index contributed by atoms with van der Waals surface area (Å²) in [6, 6.07) is 0. The predicted molar refractivity (Wildman–Crippen MR) is 57.7 cm³/mol. The molecule has 14 heavy (non-hydrogen) atoms. The fourth-order valence-electron chi connectivity index (χ4n) is 1.13. The van der Waals surface area contributed by atoms with Crippen LogP contribution in [-0.4, -0.2) is 20.1 Å². The van der Waals surface area contributed by atoms with Crippen molar-refractivity contribution in [1.82, 2.24) is 15.2 Å². The van der Waals surface area contributed by atoms with E-state index in [4.69, 9.17) is 5.73 Å². The molecule has 0 aliphatic rings. The molecule has 0 amide bonds. The van der Waals surface area contributed by atoms with E-state index in [9.17, 15) is 10.1 Å². The maximum atomic E-state index is 10.6. The van der Waals surface area contributed by atoms with Gasteiger partial charge in [0.15, 0.2) is 5.52 Å². The van der Waals surface area contributed by atoms with Crippen molar-refractivity contribution >= 4 is 45.0 Å².